The first-order valence-electron chi connectivity index (χ1n) is 7.26. The Labute approximate surface area is 108 Å². The van der Waals surface area contributed by atoms with Crippen LogP contribution >= 0.6 is 0 Å². The van der Waals surface area contributed by atoms with Crippen molar-refractivity contribution >= 4 is 0 Å². The number of ether oxygens (including phenoxy) is 1. The molecule has 0 bridgehead atoms. The zero-order valence-corrected chi connectivity index (χ0v) is 12.9. The molecule has 0 saturated heterocycles. The number of unbranched alkanes of at least 4 members (excludes halogenated alkanes) is 1. The minimum absolute atomic E-state index is 0.0288. The molecule has 0 aromatic carbocycles. The zero-order chi connectivity index (χ0) is 13.2. The highest BCUT2D eigenvalue weighted by Crippen LogP contribution is 2.50. The van der Waals surface area contributed by atoms with Gasteiger partial charge in [0.2, 0.25) is 0 Å². The maximum Gasteiger partial charge on any atom is 0.0598 e. The topological polar surface area (TPSA) is 9.23 Å². The smallest absolute Gasteiger partial charge is 0.0598 e. The minimum Gasteiger partial charge on any atom is -0.375 e. The maximum absolute atomic E-state index is 5.95. The van der Waals surface area contributed by atoms with Crippen molar-refractivity contribution in [3.05, 3.63) is 0 Å². The third kappa shape index (κ3) is 7.08. The second-order valence-corrected chi connectivity index (χ2v) is 8.17. The van der Waals surface area contributed by atoms with Crippen molar-refractivity contribution in [3.63, 3.8) is 0 Å². The lowest BCUT2D eigenvalue weighted by molar-refractivity contribution is -0.0298. The molecule has 1 rings (SSSR count). The van der Waals surface area contributed by atoms with E-state index in [4.69, 9.17) is 4.74 Å². The molecule has 1 aliphatic carbocycles. The molecule has 0 unspecified atom stereocenters. The minimum atomic E-state index is 0.0288. The summed E-state index contributed by atoms with van der Waals surface area (Å²) < 4.78 is 5.95. The monoisotopic (exact) mass is 240 g/mol. The van der Waals surface area contributed by atoms with Crippen LogP contribution in [-0.4, -0.2) is 12.2 Å². The van der Waals surface area contributed by atoms with E-state index in [1.807, 2.05) is 0 Å². The van der Waals surface area contributed by atoms with Crippen LogP contribution in [0.5, 0.6) is 0 Å². The Hall–Kier alpha value is -0.0400. The van der Waals surface area contributed by atoms with Gasteiger partial charge in [0.1, 0.15) is 0 Å². The lowest BCUT2D eigenvalue weighted by Gasteiger charge is -2.24. The van der Waals surface area contributed by atoms with Gasteiger partial charge in [0.05, 0.1) is 12.2 Å². The van der Waals surface area contributed by atoms with Crippen molar-refractivity contribution in [2.45, 2.75) is 85.7 Å². The summed E-state index contributed by atoms with van der Waals surface area (Å²) >= 11 is 0. The van der Waals surface area contributed by atoms with Crippen molar-refractivity contribution < 1.29 is 4.74 Å². The van der Waals surface area contributed by atoms with E-state index in [0.29, 0.717) is 10.8 Å². The van der Waals surface area contributed by atoms with Gasteiger partial charge in [-0.1, -0.05) is 33.6 Å². The number of rotatable bonds is 6. The van der Waals surface area contributed by atoms with Gasteiger partial charge in [-0.3, -0.25) is 0 Å². The van der Waals surface area contributed by atoms with Crippen LogP contribution in [0, 0.1) is 10.8 Å². The Morgan fingerprint density at radius 3 is 1.94 bits per heavy atom. The van der Waals surface area contributed by atoms with Gasteiger partial charge < -0.3 is 4.74 Å². The molecule has 0 heterocycles. The van der Waals surface area contributed by atoms with Crippen LogP contribution in [0.15, 0.2) is 0 Å². The molecule has 1 saturated carbocycles. The Balaban J connectivity index is 2.14. The molecule has 1 heteroatoms. The molecular formula is C16H32O. The largest absolute Gasteiger partial charge is 0.375 e. The quantitative estimate of drug-likeness (QED) is 0.581. The summed E-state index contributed by atoms with van der Waals surface area (Å²) in [6.07, 6.45) is 8.26. The van der Waals surface area contributed by atoms with E-state index in [2.05, 4.69) is 41.5 Å². The SMILES string of the molecule is CC(C)(C)CCCCC1(COC(C)(C)C)CC1. The van der Waals surface area contributed by atoms with E-state index in [-0.39, 0.29) is 5.60 Å². The van der Waals surface area contributed by atoms with E-state index >= 15 is 0 Å². The van der Waals surface area contributed by atoms with Crippen molar-refractivity contribution in [2.75, 3.05) is 6.61 Å². The fourth-order valence-electron chi connectivity index (χ4n) is 2.17. The summed E-state index contributed by atoms with van der Waals surface area (Å²) in [7, 11) is 0. The first kappa shape index (κ1) is 15.0. The van der Waals surface area contributed by atoms with Crippen LogP contribution in [-0.2, 0) is 4.74 Å². The van der Waals surface area contributed by atoms with E-state index in [1.165, 1.54) is 38.5 Å². The van der Waals surface area contributed by atoms with Gasteiger partial charge in [0.15, 0.2) is 0 Å². The normalized spacial score (nSPS) is 19.4. The summed E-state index contributed by atoms with van der Waals surface area (Å²) in [6.45, 7) is 14.5. The third-order valence-corrected chi connectivity index (χ3v) is 3.65. The lowest BCUT2D eigenvalue weighted by Crippen LogP contribution is -2.24. The second-order valence-electron chi connectivity index (χ2n) is 8.17. The summed E-state index contributed by atoms with van der Waals surface area (Å²) in [4.78, 5) is 0. The molecule has 0 aromatic rings. The van der Waals surface area contributed by atoms with Gasteiger partial charge in [-0.25, -0.2) is 0 Å². The van der Waals surface area contributed by atoms with Crippen molar-refractivity contribution in [1.29, 1.82) is 0 Å². The average molecular weight is 240 g/mol. The Morgan fingerprint density at radius 1 is 0.941 bits per heavy atom. The molecule has 0 spiro atoms. The van der Waals surface area contributed by atoms with Crippen LogP contribution in [0.1, 0.15) is 80.1 Å². The molecule has 102 valence electrons. The van der Waals surface area contributed by atoms with Crippen LogP contribution < -0.4 is 0 Å². The second kappa shape index (κ2) is 5.30. The molecular weight excluding hydrogens is 208 g/mol. The van der Waals surface area contributed by atoms with Crippen molar-refractivity contribution in [3.8, 4) is 0 Å². The molecule has 0 N–H and O–H groups in total. The standard InChI is InChI=1S/C16H32O/c1-14(2,3)9-7-8-10-16(11-12-16)13-17-15(4,5)6/h7-13H2,1-6H3. The summed E-state index contributed by atoms with van der Waals surface area (Å²) in [6, 6.07) is 0. The van der Waals surface area contributed by atoms with Gasteiger partial charge >= 0.3 is 0 Å². The van der Waals surface area contributed by atoms with Gasteiger partial charge in [-0.2, -0.15) is 0 Å². The molecule has 1 fully saturated rings. The predicted octanol–water partition coefficient (Wildman–Crippen LogP) is 5.19. The predicted molar refractivity (Wildman–Crippen MR) is 75.3 cm³/mol. The first-order chi connectivity index (χ1) is 7.62. The maximum atomic E-state index is 5.95. The van der Waals surface area contributed by atoms with Crippen molar-refractivity contribution in [1.82, 2.24) is 0 Å². The Kier molecular flexibility index (Phi) is 4.68. The zero-order valence-electron chi connectivity index (χ0n) is 12.9. The van der Waals surface area contributed by atoms with E-state index in [1.54, 1.807) is 0 Å². The molecule has 0 atom stereocenters. The number of hydrogen-bond donors (Lipinski definition) is 0. The van der Waals surface area contributed by atoms with E-state index in [9.17, 15) is 0 Å². The highest BCUT2D eigenvalue weighted by molar-refractivity contribution is 4.93. The Morgan fingerprint density at radius 2 is 1.53 bits per heavy atom. The van der Waals surface area contributed by atoms with Gasteiger partial charge in [0.25, 0.3) is 0 Å². The van der Waals surface area contributed by atoms with Crippen LogP contribution in [0.3, 0.4) is 0 Å². The highest BCUT2D eigenvalue weighted by Gasteiger charge is 2.42. The molecule has 1 aliphatic rings. The molecule has 17 heavy (non-hydrogen) atoms. The first-order valence-corrected chi connectivity index (χ1v) is 7.26. The van der Waals surface area contributed by atoms with Crippen LogP contribution in [0.25, 0.3) is 0 Å². The van der Waals surface area contributed by atoms with Crippen molar-refractivity contribution in [2.24, 2.45) is 10.8 Å². The van der Waals surface area contributed by atoms with E-state index in [0.717, 1.165) is 6.61 Å². The average Bonchev–Trinajstić information content (AvgIpc) is 2.88. The van der Waals surface area contributed by atoms with Crippen LogP contribution in [0.2, 0.25) is 0 Å². The molecule has 0 amide bonds. The Bertz CT molecular complexity index is 225. The molecule has 0 aromatic heterocycles. The van der Waals surface area contributed by atoms with Gasteiger partial charge in [0, 0.05) is 0 Å². The summed E-state index contributed by atoms with van der Waals surface area (Å²) in [5.41, 5.74) is 1.09. The molecule has 0 aliphatic heterocycles. The van der Waals surface area contributed by atoms with Gasteiger partial charge in [-0.15, -0.1) is 0 Å². The van der Waals surface area contributed by atoms with Crippen LogP contribution in [0.4, 0.5) is 0 Å². The highest BCUT2D eigenvalue weighted by atomic mass is 16.5. The fraction of sp³-hybridized carbons (Fsp3) is 1.00. The van der Waals surface area contributed by atoms with Gasteiger partial charge in [-0.05, 0) is 57.3 Å². The van der Waals surface area contributed by atoms with E-state index < -0.39 is 0 Å². The number of hydrogen-bond acceptors (Lipinski definition) is 1. The summed E-state index contributed by atoms with van der Waals surface area (Å²) in [5, 5.41) is 0. The third-order valence-electron chi connectivity index (χ3n) is 3.65. The molecule has 0 radical (unpaired) electrons. The summed E-state index contributed by atoms with van der Waals surface area (Å²) in [5.74, 6) is 0. The fourth-order valence-corrected chi connectivity index (χ4v) is 2.17. The lowest BCUT2D eigenvalue weighted by atomic mass is 9.88. The molecule has 1 nitrogen and oxygen atoms in total.